The van der Waals surface area contributed by atoms with E-state index in [0.717, 1.165) is 42.6 Å². The Hall–Kier alpha value is -1.75. The molecule has 0 atom stereocenters. The molecule has 6 heteroatoms. The second-order valence-electron chi connectivity index (χ2n) is 6.18. The summed E-state index contributed by atoms with van der Waals surface area (Å²) in [6.07, 6.45) is 2.87. The first-order valence-electron chi connectivity index (χ1n) is 8.68. The quantitative estimate of drug-likeness (QED) is 0.786. The summed E-state index contributed by atoms with van der Waals surface area (Å²) in [4.78, 5) is 15.0. The largest absolute Gasteiger partial charge is 0.385 e. The highest BCUT2D eigenvalue weighted by molar-refractivity contribution is 5.97. The van der Waals surface area contributed by atoms with E-state index in [4.69, 9.17) is 5.73 Å². The van der Waals surface area contributed by atoms with Crippen LogP contribution in [0.15, 0.2) is 48.5 Å². The van der Waals surface area contributed by atoms with Crippen molar-refractivity contribution in [2.75, 3.05) is 31.5 Å². The molecule has 3 rings (SSSR count). The molecule has 1 heterocycles. The lowest BCUT2D eigenvalue weighted by Crippen LogP contribution is -2.37. The van der Waals surface area contributed by atoms with Crippen LogP contribution in [-0.2, 0) is 12.8 Å². The summed E-state index contributed by atoms with van der Waals surface area (Å²) in [5, 5.41) is 3.39. The van der Waals surface area contributed by atoms with Gasteiger partial charge < -0.3 is 16.0 Å². The van der Waals surface area contributed by atoms with Gasteiger partial charge in [-0.05, 0) is 42.5 Å². The third-order valence-electron chi connectivity index (χ3n) is 4.52. The lowest BCUT2D eigenvalue weighted by atomic mass is 9.96. The summed E-state index contributed by atoms with van der Waals surface area (Å²) in [6, 6.07) is 16.2. The first-order chi connectivity index (χ1) is 11.8. The van der Waals surface area contributed by atoms with Crippen molar-refractivity contribution in [1.29, 1.82) is 0 Å². The molecule has 0 aromatic heterocycles. The van der Waals surface area contributed by atoms with Gasteiger partial charge in [-0.1, -0.05) is 36.4 Å². The number of nitrogens with two attached hydrogens (primary N) is 1. The van der Waals surface area contributed by atoms with Crippen LogP contribution in [0.3, 0.4) is 0 Å². The molecule has 1 aliphatic rings. The Bertz CT molecular complexity index is 695. The molecule has 0 aliphatic carbocycles. The standard InChI is InChI=1S/C20H25N3O.2ClH/c21-12-15-23(14-11-16-6-2-1-3-7-16)20(24)18-8-4-10-19-17(18)9-5-13-22-19;;/h1-4,6-8,10,22H,5,9,11-15,21H2;2*1H. The number of hydrogen-bond acceptors (Lipinski definition) is 3. The summed E-state index contributed by atoms with van der Waals surface area (Å²) in [5.41, 5.74) is 10.1. The van der Waals surface area contributed by atoms with E-state index < -0.39 is 0 Å². The van der Waals surface area contributed by atoms with Crippen LogP contribution in [0.1, 0.15) is 27.9 Å². The molecule has 3 N–H and O–H groups in total. The predicted molar refractivity (Wildman–Crippen MR) is 113 cm³/mol. The lowest BCUT2D eigenvalue weighted by Gasteiger charge is -2.26. The van der Waals surface area contributed by atoms with Gasteiger partial charge in [0.2, 0.25) is 0 Å². The Morgan fingerprint density at radius 2 is 1.81 bits per heavy atom. The normalized spacial score (nSPS) is 12.0. The molecule has 2 aromatic rings. The SMILES string of the molecule is Cl.Cl.NCCN(CCc1ccccc1)C(=O)c1cccc2c1CCCN2. The summed E-state index contributed by atoms with van der Waals surface area (Å²) < 4.78 is 0. The zero-order valence-electron chi connectivity index (χ0n) is 14.8. The van der Waals surface area contributed by atoms with E-state index in [2.05, 4.69) is 23.5 Å². The summed E-state index contributed by atoms with van der Waals surface area (Å²) in [7, 11) is 0. The maximum absolute atomic E-state index is 13.1. The van der Waals surface area contributed by atoms with Gasteiger partial charge in [0.25, 0.3) is 5.91 Å². The van der Waals surface area contributed by atoms with Crippen molar-refractivity contribution in [3.05, 3.63) is 65.2 Å². The smallest absolute Gasteiger partial charge is 0.254 e. The van der Waals surface area contributed by atoms with Gasteiger partial charge in [0, 0.05) is 37.4 Å². The number of fused-ring (bicyclic) bond motifs is 1. The van der Waals surface area contributed by atoms with Gasteiger partial charge in [0.15, 0.2) is 0 Å². The molecule has 1 amide bonds. The molecular formula is C20H27Cl2N3O. The maximum Gasteiger partial charge on any atom is 0.254 e. The molecule has 0 fully saturated rings. The molecular weight excluding hydrogens is 369 g/mol. The van der Waals surface area contributed by atoms with E-state index in [1.807, 2.05) is 35.2 Å². The lowest BCUT2D eigenvalue weighted by molar-refractivity contribution is 0.0761. The second kappa shape index (κ2) is 11.1. The van der Waals surface area contributed by atoms with Crippen LogP contribution in [0.2, 0.25) is 0 Å². The van der Waals surface area contributed by atoms with Gasteiger partial charge >= 0.3 is 0 Å². The Balaban J connectivity index is 0.00000169. The second-order valence-corrected chi connectivity index (χ2v) is 6.18. The van der Waals surface area contributed by atoms with Crippen molar-refractivity contribution in [2.24, 2.45) is 5.73 Å². The zero-order chi connectivity index (χ0) is 16.8. The number of amides is 1. The highest BCUT2D eigenvalue weighted by atomic mass is 35.5. The highest BCUT2D eigenvalue weighted by Crippen LogP contribution is 2.26. The van der Waals surface area contributed by atoms with Gasteiger partial charge in [0.1, 0.15) is 0 Å². The first-order valence-corrected chi connectivity index (χ1v) is 8.68. The van der Waals surface area contributed by atoms with Crippen molar-refractivity contribution in [3.8, 4) is 0 Å². The third kappa shape index (κ3) is 5.37. The average molecular weight is 396 g/mol. The summed E-state index contributed by atoms with van der Waals surface area (Å²) in [6.45, 7) is 2.73. The molecule has 0 radical (unpaired) electrons. The number of halogens is 2. The third-order valence-corrected chi connectivity index (χ3v) is 4.52. The molecule has 0 saturated heterocycles. The summed E-state index contributed by atoms with van der Waals surface area (Å²) in [5.74, 6) is 0.0944. The van der Waals surface area contributed by atoms with Crippen molar-refractivity contribution >= 4 is 36.4 Å². The fourth-order valence-corrected chi connectivity index (χ4v) is 3.26. The fraction of sp³-hybridized carbons (Fsp3) is 0.350. The number of carbonyl (C=O) groups is 1. The Morgan fingerprint density at radius 1 is 1.04 bits per heavy atom. The number of benzene rings is 2. The number of anilines is 1. The highest BCUT2D eigenvalue weighted by Gasteiger charge is 2.21. The monoisotopic (exact) mass is 395 g/mol. The Kier molecular flexibility index (Phi) is 9.49. The van der Waals surface area contributed by atoms with Crippen LogP contribution in [0.5, 0.6) is 0 Å². The van der Waals surface area contributed by atoms with Crippen LogP contribution in [0.25, 0.3) is 0 Å². The molecule has 4 nitrogen and oxygen atoms in total. The number of hydrogen-bond donors (Lipinski definition) is 2. The molecule has 142 valence electrons. The fourth-order valence-electron chi connectivity index (χ4n) is 3.26. The van der Waals surface area contributed by atoms with Crippen molar-refractivity contribution < 1.29 is 4.79 Å². The van der Waals surface area contributed by atoms with E-state index >= 15 is 0 Å². The number of rotatable bonds is 6. The predicted octanol–water partition coefficient (Wildman–Crippen LogP) is 3.53. The molecule has 0 bridgehead atoms. The van der Waals surface area contributed by atoms with Crippen molar-refractivity contribution in [1.82, 2.24) is 4.90 Å². The minimum atomic E-state index is 0. The van der Waals surface area contributed by atoms with Gasteiger partial charge in [-0.2, -0.15) is 0 Å². The number of carbonyl (C=O) groups excluding carboxylic acids is 1. The van der Waals surface area contributed by atoms with Gasteiger partial charge in [0.05, 0.1) is 0 Å². The van der Waals surface area contributed by atoms with E-state index in [0.29, 0.717) is 19.6 Å². The van der Waals surface area contributed by atoms with E-state index in [1.165, 1.54) is 5.56 Å². The van der Waals surface area contributed by atoms with Gasteiger partial charge in [-0.15, -0.1) is 24.8 Å². The van der Waals surface area contributed by atoms with Gasteiger partial charge in [-0.3, -0.25) is 4.79 Å². The van der Waals surface area contributed by atoms with Crippen LogP contribution < -0.4 is 11.1 Å². The number of nitrogens with zero attached hydrogens (tertiary/aromatic N) is 1. The zero-order valence-corrected chi connectivity index (χ0v) is 16.5. The van der Waals surface area contributed by atoms with E-state index in [-0.39, 0.29) is 30.7 Å². The topological polar surface area (TPSA) is 58.4 Å². The van der Waals surface area contributed by atoms with Gasteiger partial charge in [-0.25, -0.2) is 0 Å². The van der Waals surface area contributed by atoms with Crippen LogP contribution >= 0.6 is 24.8 Å². The Morgan fingerprint density at radius 3 is 2.54 bits per heavy atom. The molecule has 26 heavy (non-hydrogen) atoms. The molecule has 0 unspecified atom stereocenters. The maximum atomic E-state index is 13.1. The van der Waals surface area contributed by atoms with Crippen LogP contribution in [0.4, 0.5) is 5.69 Å². The summed E-state index contributed by atoms with van der Waals surface area (Å²) >= 11 is 0. The molecule has 0 spiro atoms. The molecule has 1 aliphatic heterocycles. The molecule has 0 saturated carbocycles. The number of nitrogens with one attached hydrogen (secondary N) is 1. The van der Waals surface area contributed by atoms with E-state index in [9.17, 15) is 4.79 Å². The molecule has 2 aromatic carbocycles. The Labute approximate surface area is 168 Å². The van der Waals surface area contributed by atoms with Crippen LogP contribution in [-0.4, -0.2) is 37.0 Å². The van der Waals surface area contributed by atoms with E-state index in [1.54, 1.807) is 0 Å². The van der Waals surface area contributed by atoms with Crippen LogP contribution in [0, 0.1) is 0 Å². The minimum Gasteiger partial charge on any atom is -0.385 e. The van der Waals surface area contributed by atoms with Crippen molar-refractivity contribution in [3.63, 3.8) is 0 Å². The van der Waals surface area contributed by atoms with Crippen molar-refractivity contribution in [2.45, 2.75) is 19.3 Å². The average Bonchev–Trinajstić information content (AvgIpc) is 2.65. The minimum absolute atomic E-state index is 0. The first kappa shape index (κ1) is 22.3.